The first-order valence-electron chi connectivity index (χ1n) is 6.42. The summed E-state index contributed by atoms with van der Waals surface area (Å²) in [5, 5.41) is -0.582. The lowest BCUT2D eigenvalue weighted by Crippen LogP contribution is -2.05. The molecule has 1 heterocycles. The van der Waals surface area contributed by atoms with Crippen molar-refractivity contribution in [2.75, 3.05) is 0 Å². The van der Waals surface area contributed by atoms with Gasteiger partial charge in [0.25, 0.3) is 0 Å². The minimum atomic E-state index is -0.622. The van der Waals surface area contributed by atoms with Crippen molar-refractivity contribution in [2.45, 2.75) is 24.8 Å². The molecule has 2 atom stereocenters. The van der Waals surface area contributed by atoms with Gasteiger partial charge in [-0.25, -0.2) is 8.78 Å². The molecular weight excluding hydrogens is 282 g/mol. The van der Waals surface area contributed by atoms with Crippen LogP contribution < -0.4 is 4.74 Å². The van der Waals surface area contributed by atoms with E-state index in [1.807, 2.05) is 25.1 Å². The predicted octanol–water partition coefficient (Wildman–Crippen LogP) is 4.62. The van der Waals surface area contributed by atoms with Crippen LogP contribution >= 0.6 is 11.6 Å². The van der Waals surface area contributed by atoms with Gasteiger partial charge in [-0.1, -0.05) is 12.1 Å². The maximum absolute atomic E-state index is 13.3. The van der Waals surface area contributed by atoms with Gasteiger partial charge in [0.1, 0.15) is 23.5 Å². The average Bonchev–Trinajstić information content (AvgIpc) is 2.75. The first-order valence-corrected chi connectivity index (χ1v) is 6.86. The fourth-order valence-electron chi connectivity index (χ4n) is 2.51. The van der Waals surface area contributed by atoms with Gasteiger partial charge < -0.3 is 4.74 Å². The Morgan fingerprint density at radius 1 is 1.10 bits per heavy atom. The van der Waals surface area contributed by atoms with Gasteiger partial charge in [0, 0.05) is 12.5 Å². The average molecular weight is 295 g/mol. The Hall–Kier alpha value is -1.61. The molecule has 2 aromatic rings. The molecule has 1 aliphatic heterocycles. The van der Waals surface area contributed by atoms with Crippen molar-refractivity contribution in [1.82, 2.24) is 0 Å². The summed E-state index contributed by atoms with van der Waals surface area (Å²) in [5.41, 5.74) is 2.31. The summed E-state index contributed by atoms with van der Waals surface area (Å²) < 4.78 is 32.1. The van der Waals surface area contributed by atoms with E-state index in [0.717, 1.165) is 29.4 Å². The summed E-state index contributed by atoms with van der Waals surface area (Å²) in [6.07, 6.45) is 0.977. The summed E-state index contributed by atoms with van der Waals surface area (Å²) in [7, 11) is 0. The Balaban J connectivity index is 1.95. The van der Waals surface area contributed by atoms with E-state index >= 15 is 0 Å². The molecule has 0 radical (unpaired) electrons. The molecule has 0 amide bonds. The number of fused-ring (bicyclic) bond motifs is 1. The van der Waals surface area contributed by atoms with Crippen LogP contribution in [0.15, 0.2) is 36.4 Å². The van der Waals surface area contributed by atoms with Gasteiger partial charge in [0.2, 0.25) is 0 Å². The van der Waals surface area contributed by atoms with Gasteiger partial charge in [0.15, 0.2) is 0 Å². The van der Waals surface area contributed by atoms with Crippen LogP contribution in [0.25, 0.3) is 0 Å². The SMILES string of the molecule is CC1Cc2cc(C(Cl)c3cc(F)cc(F)c3)ccc2O1. The molecule has 1 nitrogen and oxygen atoms in total. The summed E-state index contributed by atoms with van der Waals surface area (Å²) in [6, 6.07) is 8.99. The number of hydrogen-bond donors (Lipinski definition) is 0. The van der Waals surface area contributed by atoms with Gasteiger partial charge in [0.05, 0.1) is 5.38 Å². The number of alkyl halides is 1. The summed E-state index contributed by atoms with van der Waals surface area (Å²) in [4.78, 5) is 0. The molecule has 2 unspecified atom stereocenters. The summed E-state index contributed by atoms with van der Waals surface area (Å²) >= 11 is 6.34. The van der Waals surface area contributed by atoms with Gasteiger partial charge in [-0.3, -0.25) is 0 Å². The van der Waals surface area contributed by atoms with Crippen LogP contribution in [0.4, 0.5) is 8.78 Å². The van der Waals surface area contributed by atoms with Crippen molar-refractivity contribution >= 4 is 11.6 Å². The Morgan fingerprint density at radius 2 is 1.80 bits per heavy atom. The minimum Gasteiger partial charge on any atom is -0.490 e. The number of hydrogen-bond acceptors (Lipinski definition) is 1. The van der Waals surface area contributed by atoms with Crippen molar-refractivity contribution in [3.63, 3.8) is 0 Å². The normalized spacial score (nSPS) is 18.5. The van der Waals surface area contributed by atoms with Gasteiger partial charge in [-0.05, 0) is 41.8 Å². The first-order chi connectivity index (χ1) is 9.52. The van der Waals surface area contributed by atoms with Crippen LogP contribution in [0.2, 0.25) is 0 Å². The number of ether oxygens (including phenoxy) is 1. The third-order valence-electron chi connectivity index (χ3n) is 3.39. The molecule has 1 aliphatic rings. The maximum atomic E-state index is 13.3. The minimum absolute atomic E-state index is 0.153. The number of benzene rings is 2. The van der Waals surface area contributed by atoms with Crippen molar-refractivity contribution in [3.8, 4) is 5.75 Å². The van der Waals surface area contributed by atoms with Crippen molar-refractivity contribution < 1.29 is 13.5 Å². The highest BCUT2D eigenvalue weighted by Gasteiger charge is 2.21. The van der Waals surface area contributed by atoms with E-state index in [2.05, 4.69) is 0 Å². The van der Waals surface area contributed by atoms with Crippen LogP contribution in [-0.4, -0.2) is 6.10 Å². The van der Waals surface area contributed by atoms with E-state index in [0.29, 0.717) is 5.56 Å². The quantitative estimate of drug-likeness (QED) is 0.735. The second kappa shape index (κ2) is 5.06. The van der Waals surface area contributed by atoms with Crippen LogP contribution in [0.1, 0.15) is 29.0 Å². The molecular formula is C16H13ClF2O. The highest BCUT2D eigenvalue weighted by molar-refractivity contribution is 6.22. The highest BCUT2D eigenvalue weighted by atomic mass is 35.5. The van der Waals surface area contributed by atoms with Crippen molar-refractivity contribution in [1.29, 1.82) is 0 Å². The molecule has 0 aliphatic carbocycles. The topological polar surface area (TPSA) is 9.23 Å². The molecule has 3 rings (SSSR count). The van der Waals surface area contributed by atoms with E-state index < -0.39 is 17.0 Å². The fourth-order valence-corrected chi connectivity index (χ4v) is 2.78. The molecule has 0 N–H and O–H groups in total. The molecule has 0 saturated heterocycles. The van der Waals surface area contributed by atoms with E-state index in [1.165, 1.54) is 12.1 Å². The molecule has 104 valence electrons. The lowest BCUT2D eigenvalue weighted by molar-refractivity contribution is 0.254. The van der Waals surface area contributed by atoms with E-state index in [-0.39, 0.29) is 6.10 Å². The summed E-state index contributed by atoms with van der Waals surface area (Å²) in [6.45, 7) is 2.00. The van der Waals surface area contributed by atoms with Crippen LogP contribution in [0.3, 0.4) is 0 Å². The number of rotatable bonds is 2. The van der Waals surface area contributed by atoms with Crippen LogP contribution in [0, 0.1) is 11.6 Å². The van der Waals surface area contributed by atoms with E-state index in [1.54, 1.807) is 0 Å². The largest absolute Gasteiger partial charge is 0.490 e. The Bertz CT molecular complexity index is 637. The zero-order valence-corrected chi connectivity index (χ0v) is 11.6. The highest BCUT2D eigenvalue weighted by Crippen LogP contribution is 2.35. The monoisotopic (exact) mass is 294 g/mol. The second-order valence-electron chi connectivity index (χ2n) is 5.07. The molecule has 0 bridgehead atoms. The van der Waals surface area contributed by atoms with E-state index in [4.69, 9.17) is 16.3 Å². The third kappa shape index (κ3) is 2.50. The zero-order chi connectivity index (χ0) is 14.3. The molecule has 0 spiro atoms. The van der Waals surface area contributed by atoms with Gasteiger partial charge in [-0.2, -0.15) is 0 Å². The Labute approximate surface area is 121 Å². The molecule has 20 heavy (non-hydrogen) atoms. The standard InChI is InChI=1S/C16H13ClF2O/c1-9-4-11-5-10(2-3-15(11)20-9)16(17)12-6-13(18)8-14(19)7-12/h2-3,5-9,16H,4H2,1H3. The van der Waals surface area contributed by atoms with Crippen molar-refractivity contribution in [2.24, 2.45) is 0 Å². The van der Waals surface area contributed by atoms with Gasteiger partial charge >= 0.3 is 0 Å². The molecule has 2 aromatic carbocycles. The predicted molar refractivity (Wildman–Crippen MR) is 74.3 cm³/mol. The number of halogens is 3. The second-order valence-corrected chi connectivity index (χ2v) is 5.50. The molecule has 0 fully saturated rings. The van der Waals surface area contributed by atoms with Gasteiger partial charge in [-0.15, -0.1) is 11.6 Å². The smallest absolute Gasteiger partial charge is 0.126 e. The summed E-state index contributed by atoms with van der Waals surface area (Å²) in [5.74, 6) is -0.386. The lowest BCUT2D eigenvalue weighted by atomic mass is 10.0. The molecule has 0 aromatic heterocycles. The van der Waals surface area contributed by atoms with E-state index in [9.17, 15) is 8.78 Å². The Kier molecular flexibility index (Phi) is 3.38. The third-order valence-corrected chi connectivity index (χ3v) is 3.89. The zero-order valence-electron chi connectivity index (χ0n) is 10.9. The maximum Gasteiger partial charge on any atom is 0.126 e. The van der Waals surface area contributed by atoms with Crippen LogP contribution in [-0.2, 0) is 6.42 Å². The lowest BCUT2D eigenvalue weighted by Gasteiger charge is -2.12. The molecule has 4 heteroatoms. The Morgan fingerprint density at radius 3 is 2.50 bits per heavy atom. The van der Waals surface area contributed by atoms with Crippen LogP contribution in [0.5, 0.6) is 5.75 Å². The molecule has 0 saturated carbocycles. The first kappa shape index (κ1) is 13.4. The fraction of sp³-hybridized carbons (Fsp3) is 0.250. The van der Waals surface area contributed by atoms with Crippen molar-refractivity contribution in [3.05, 3.63) is 64.7 Å².